The summed E-state index contributed by atoms with van der Waals surface area (Å²) in [5.74, 6) is 0.0539. The van der Waals surface area contributed by atoms with Crippen molar-refractivity contribution in [2.24, 2.45) is 11.7 Å². The highest BCUT2D eigenvalue weighted by atomic mass is 35.5. The zero-order valence-electron chi connectivity index (χ0n) is 13.5. The highest BCUT2D eigenvalue weighted by molar-refractivity contribution is 6.31. The van der Waals surface area contributed by atoms with Gasteiger partial charge in [0.1, 0.15) is 5.82 Å². The van der Waals surface area contributed by atoms with E-state index >= 15 is 0 Å². The van der Waals surface area contributed by atoms with E-state index in [0.29, 0.717) is 23.0 Å². The smallest absolute Gasteiger partial charge is 0.269 e. The van der Waals surface area contributed by atoms with E-state index in [0.717, 1.165) is 25.2 Å². The van der Waals surface area contributed by atoms with Gasteiger partial charge in [0.15, 0.2) is 0 Å². The Kier molecular flexibility index (Phi) is 4.87. The molecule has 0 aliphatic carbocycles. The minimum absolute atomic E-state index is 0.0108. The Balaban J connectivity index is 1.84. The van der Waals surface area contributed by atoms with E-state index < -0.39 is 5.82 Å². The van der Waals surface area contributed by atoms with Crippen LogP contribution in [-0.2, 0) is 6.54 Å². The van der Waals surface area contributed by atoms with Crippen LogP contribution in [0.5, 0.6) is 0 Å². The Bertz CT molecular complexity index is 808. The molecule has 1 aliphatic rings. The Morgan fingerprint density at radius 3 is 2.92 bits per heavy atom. The number of benzene rings is 1. The molecule has 2 heterocycles. The van der Waals surface area contributed by atoms with E-state index in [4.69, 9.17) is 17.3 Å². The molecule has 1 saturated heterocycles. The SMILES string of the molecule is Cc1ccc(Cl)c(Cn2ncc(N3CCC(CN)C3)cc2=O)c1F. The second-order valence-electron chi connectivity index (χ2n) is 6.20. The van der Waals surface area contributed by atoms with Crippen molar-refractivity contribution in [3.63, 3.8) is 0 Å². The predicted octanol–water partition coefficient (Wildman–Crippen LogP) is 2.18. The normalized spacial score (nSPS) is 17.5. The fraction of sp³-hybridized carbons (Fsp3) is 0.412. The van der Waals surface area contributed by atoms with Crippen molar-refractivity contribution in [1.29, 1.82) is 0 Å². The van der Waals surface area contributed by atoms with E-state index in [1.54, 1.807) is 25.3 Å². The van der Waals surface area contributed by atoms with Crippen LogP contribution in [0, 0.1) is 18.7 Å². The third-order valence-corrected chi connectivity index (χ3v) is 4.88. The lowest BCUT2D eigenvalue weighted by atomic mass is 10.1. The van der Waals surface area contributed by atoms with Crippen LogP contribution in [-0.4, -0.2) is 29.4 Å². The molecule has 7 heteroatoms. The Hall–Kier alpha value is -1.92. The molecule has 0 bridgehead atoms. The molecular weight excluding hydrogens is 331 g/mol. The molecule has 1 aromatic heterocycles. The second kappa shape index (κ2) is 6.91. The topological polar surface area (TPSA) is 64.2 Å². The first-order chi connectivity index (χ1) is 11.5. The van der Waals surface area contributed by atoms with Gasteiger partial charge in [0.25, 0.3) is 5.56 Å². The van der Waals surface area contributed by atoms with Crippen LogP contribution in [0.1, 0.15) is 17.5 Å². The van der Waals surface area contributed by atoms with Crippen LogP contribution in [0.15, 0.2) is 29.2 Å². The average Bonchev–Trinajstić information content (AvgIpc) is 3.05. The predicted molar refractivity (Wildman–Crippen MR) is 93.1 cm³/mol. The molecule has 5 nitrogen and oxygen atoms in total. The van der Waals surface area contributed by atoms with Gasteiger partial charge in [-0.2, -0.15) is 5.10 Å². The summed E-state index contributed by atoms with van der Waals surface area (Å²) in [4.78, 5) is 14.5. The van der Waals surface area contributed by atoms with Crippen molar-refractivity contribution in [3.05, 3.63) is 56.7 Å². The van der Waals surface area contributed by atoms with Crippen LogP contribution in [0.25, 0.3) is 0 Å². The maximum absolute atomic E-state index is 14.2. The summed E-state index contributed by atoms with van der Waals surface area (Å²) in [6.07, 6.45) is 2.66. The molecule has 2 aromatic rings. The molecule has 3 rings (SSSR count). The molecule has 0 amide bonds. The number of aromatic nitrogens is 2. The zero-order chi connectivity index (χ0) is 17.3. The molecule has 0 spiro atoms. The lowest BCUT2D eigenvalue weighted by Gasteiger charge is -2.18. The highest BCUT2D eigenvalue weighted by Crippen LogP contribution is 2.23. The van der Waals surface area contributed by atoms with Gasteiger partial charge >= 0.3 is 0 Å². The summed E-state index contributed by atoms with van der Waals surface area (Å²) in [5, 5.41) is 4.48. The van der Waals surface area contributed by atoms with Crippen molar-refractivity contribution < 1.29 is 4.39 Å². The number of nitrogens with zero attached hydrogens (tertiary/aromatic N) is 3. The monoisotopic (exact) mass is 350 g/mol. The van der Waals surface area contributed by atoms with Crippen LogP contribution < -0.4 is 16.2 Å². The van der Waals surface area contributed by atoms with Crippen molar-refractivity contribution in [3.8, 4) is 0 Å². The number of halogens is 2. The summed E-state index contributed by atoms with van der Waals surface area (Å²) in [5.41, 5.74) is 6.97. The first kappa shape index (κ1) is 16.9. The minimum Gasteiger partial charge on any atom is -0.370 e. The number of hydrogen-bond acceptors (Lipinski definition) is 4. The van der Waals surface area contributed by atoms with Crippen LogP contribution in [0.3, 0.4) is 0 Å². The van der Waals surface area contributed by atoms with E-state index in [1.165, 1.54) is 10.7 Å². The third-order valence-electron chi connectivity index (χ3n) is 4.53. The molecule has 2 N–H and O–H groups in total. The molecule has 0 saturated carbocycles. The van der Waals surface area contributed by atoms with E-state index in [9.17, 15) is 9.18 Å². The Morgan fingerprint density at radius 1 is 1.46 bits per heavy atom. The summed E-state index contributed by atoms with van der Waals surface area (Å²) in [6, 6.07) is 4.78. The lowest BCUT2D eigenvalue weighted by molar-refractivity contribution is 0.566. The zero-order valence-corrected chi connectivity index (χ0v) is 14.3. The van der Waals surface area contributed by atoms with Gasteiger partial charge in [0.05, 0.1) is 18.4 Å². The maximum Gasteiger partial charge on any atom is 0.269 e. The van der Waals surface area contributed by atoms with E-state index in [2.05, 4.69) is 10.00 Å². The van der Waals surface area contributed by atoms with Gasteiger partial charge < -0.3 is 10.6 Å². The van der Waals surface area contributed by atoms with Crippen LogP contribution in [0.2, 0.25) is 5.02 Å². The van der Waals surface area contributed by atoms with E-state index in [1.807, 2.05) is 0 Å². The Labute approximate surface area is 144 Å². The molecule has 1 atom stereocenters. The number of aryl methyl sites for hydroxylation is 1. The largest absolute Gasteiger partial charge is 0.370 e. The van der Waals surface area contributed by atoms with Gasteiger partial charge in [-0.15, -0.1) is 0 Å². The number of rotatable bonds is 4. The van der Waals surface area contributed by atoms with Crippen LogP contribution >= 0.6 is 11.6 Å². The van der Waals surface area contributed by atoms with Crippen molar-refractivity contribution in [2.45, 2.75) is 19.9 Å². The molecule has 0 radical (unpaired) electrons. The van der Waals surface area contributed by atoms with Gasteiger partial charge in [0.2, 0.25) is 0 Å². The molecule has 24 heavy (non-hydrogen) atoms. The maximum atomic E-state index is 14.2. The summed E-state index contributed by atoms with van der Waals surface area (Å²) < 4.78 is 15.5. The number of nitrogens with two attached hydrogens (primary N) is 1. The average molecular weight is 351 g/mol. The molecule has 1 fully saturated rings. The van der Waals surface area contributed by atoms with Gasteiger partial charge in [-0.1, -0.05) is 17.7 Å². The van der Waals surface area contributed by atoms with Gasteiger partial charge in [-0.25, -0.2) is 9.07 Å². The standard InChI is InChI=1S/C17H20ClFN4O/c1-11-2-3-15(18)14(17(11)19)10-23-16(24)6-13(8-21-23)22-5-4-12(7-20)9-22/h2-3,6,8,12H,4-5,7,9-10,20H2,1H3. The van der Waals surface area contributed by atoms with Crippen molar-refractivity contribution >= 4 is 17.3 Å². The Morgan fingerprint density at radius 2 is 2.25 bits per heavy atom. The molecule has 1 aromatic carbocycles. The van der Waals surface area contributed by atoms with Crippen molar-refractivity contribution in [2.75, 3.05) is 24.5 Å². The molecular formula is C17H20ClFN4O. The molecule has 128 valence electrons. The summed E-state index contributed by atoms with van der Waals surface area (Å²) in [7, 11) is 0. The minimum atomic E-state index is -0.398. The van der Waals surface area contributed by atoms with Gasteiger partial charge in [0, 0.05) is 29.7 Å². The fourth-order valence-electron chi connectivity index (χ4n) is 2.98. The summed E-state index contributed by atoms with van der Waals surface area (Å²) >= 11 is 6.07. The number of hydrogen-bond donors (Lipinski definition) is 1. The second-order valence-corrected chi connectivity index (χ2v) is 6.61. The van der Waals surface area contributed by atoms with E-state index in [-0.39, 0.29) is 17.7 Å². The number of anilines is 1. The molecule has 1 unspecified atom stereocenters. The first-order valence-corrected chi connectivity index (χ1v) is 8.33. The van der Waals surface area contributed by atoms with Crippen molar-refractivity contribution in [1.82, 2.24) is 9.78 Å². The molecule has 1 aliphatic heterocycles. The summed E-state index contributed by atoms with van der Waals surface area (Å²) in [6.45, 7) is 4.02. The third kappa shape index (κ3) is 3.30. The van der Waals surface area contributed by atoms with Gasteiger partial charge in [-0.3, -0.25) is 4.79 Å². The lowest BCUT2D eigenvalue weighted by Crippen LogP contribution is -2.28. The van der Waals surface area contributed by atoms with Crippen LogP contribution in [0.4, 0.5) is 10.1 Å². The first-order valence-electron chi connectivity index (χ1n) is 7.95. The highest BCUT2D eigenvalue weighted by Gasteiger charge is 2.22. The quantitative estimate of drug-likeness (QED) is 0.918. The fourth-order valence-corrected chi connectivity index (χ4v) is 3.19. The van der Waals surface area contributed by atoms with Gasteiger partial charge in [-0.05, 0) is 37.4 Å².